The zero-order chi connectivity index (χ0) is 18.0. The minimum atomic E-state index is -0.333. The predicted molar refractivity (Wildman–Crippen MR) is 100 cm³/mol. The van der Waals surface area contributed by atoms with Gasteiger partial charge in [0.25, 0.3) is 0 Å². The summed E-state index contributed by atoms with van der Waals surface area (Å²) in [6.07, 6.45) is 3.39. The highest BCUT2D eigenvalue weighted by molar-refractivity contribution is 9.10. The van der Waals surface area contributed by atoms with E-state index in [1.165, 1.54) is 6.07 Å². The zero-order valence-electron chi connectivity index (χ0n) is 14.2. The van der Waals surface area contributed by atoms with Gasteiger partial charge in [0.05, 0.1) is 4.47 Å². The van der Waals surface area contributed by atoms with E-state index in [0.29, 0.717) is 22.3 Å². The summed E-state index contributed by atoms with van der Waals surface area (Å²) < 4.78 is 13.7. The Hall–Kier alpha value is -1.92. The van der Waals surface area contributed by atoms with Crippen molar-refractivity contribution >= 4 is 33.2 Å². The second-order valence-corrected chi connectivity index (χ2v) is 7.27. The van der Waals surface area contributed by atoms with E-state index in [0.717, 1.165) is 29.8 Å². The number of rotatable bonds is 6. The summed E-state index contributed by atoms with van der Waals surface area (Å²) in [7, 11) is 4.05. The summed E-state index contributed by atoms with van der Waals surface area (Å²) in [6.45, 7) is 0.916. The largest absolute Gasteiger partial charge is 0.309 e. The number of carbonyl (C=O) groups excluding carboxylic acids is 1. The molecular formula is C19H19BrFN3O. The minimum Gasteiger partial charge on any atom is -0.309 e. The molecule has 1 aliphatic rings. The monoisotopic (exact) mass is 403 g/mol. The highest BCUT2D eigenvalue weighted by Gasteiger charge is 2.22. The average Bonchev–Trinajstić information content (AvgIpc) is 2.99. The Balaban J connectivity index is 1.76. The van der Waals surface area contributed by atoms with E-state index in [1.54, 1.807) is 24.4 Å². The molecule has 130 valence electrons. The van der Waals surface area contributed by atoms with Crippen LogP contribution in [0.25, 0.3) is 0 Å². The lowest BCUT2D eigenvalue weighted by atomic mass is 9.97. The quantitative estimate of drug-likeness (QED) is 0.684. The van der Waals surface area contributed by atoms with E-state index in [1.807, 2.05) is 14.1 Å². The molecule has 3 rings (SSSR count). The first-order chi connectivity index (χ1) is 11.9. The van der Waals surface area contributed by atoms with Crippen LogP contribution in [-0.2, 0) is 12.8 Å². The molecule has 0 aliphatic carbocycles. The van der Waals surface area contributed by atoms with Crippen molar-refractivity contribution in [2.75, 3.05) is 20.6 Å². The number of carbonyl (C=O) groups is 1. The molecule has 0 atom stereocenters. The maximum absolute atomic E-state index is 13.4. The number of hydrogen-bond donors (Lipinski definition) is 0. The summed E-state index contributed by atoms with van der Waals surface area (Å²) in [5.41, 5.74) is 3.40. The third kappa shape index (κ3) is 4.19. The number of fused-ring (bicyclic) bond motifs is 1. The number of benzene rings is 1. The molecule has 2 heterocycles. The molecular weight excluding hydrogens is 385 g/mol. The van der Waals surface area contributed by atoms with Gasteiger partial charge in [-0.3, -0.25) is 4.79 Å². The van der Waals surface area contributed by atoms with E-state index in [-0.39, 0.29) is 18.0 Å². The lowest BCUT2D eigenvalue weighted by Crippen LogP contribution is -2.17. The van der Waals surface area contributed by atoms with Crippen LogP contribution >= 0.6 is 15.9 Å². The van der Waals surface area contributed by atoms with Gasteiger partial charge in [-0.2, -0.15) is 0 Å². The Morgan fingerprint density at radius 2 is 2.12 bits per heavy atom. The van der Waals surface area contributed by atoms with Crippen molar-refractivity contribution in [3.8, 4) is 0 Å². The minimum absolute atomic E-state index is 0.00113. The van der Waals surface area contributed by atoms with E-state index in [4.69, 9.17) is 0 Å². The van der Waals surface area contributed by atoms with Gasteiger partial charge in [0.2, 0.25) is 0 Å². The van der Waals surface area contributed by atoms with Crippen LogP contribution in [0.15, 0.2) is 39.9 Å². The summed E-state index contributed by atoms with van der Waals surface area (Å²) in [5, 5.41) is 0. The van der Waals surface area contributed by atoms with E-state index >= 15 is 0 Å². The molecule has 0 unspecified atom stereocenters. The van der Waals surface area contributed by atoms with Crippen molar-refractivity contribution in [2.45, 2.75) is 19.3 Å². The van der Waals surface area contributed by atoms with Gasteiger partial charge >= 0.3 is 0 Å². The first-order valence-corrected chi connectivity index (χ1v) is 8.89. The molecule has 0 bridgehead atoms. The van der Waals surface area contributed by atoms with Crippen molar-refractivity contribution in [2.24, 2.45) is 4.99 Å². The molecule has 0 saturated heterocycles. The predicted octanol–water partition coefficient (Wildman–Crippen LogP) is 3.99. The number of aromatic nitrogens is 1. The second kappa shape index (κ2) is 7.54. The van der Waals surface area contributed by atoms with Crippen LogP contribution in [0.4, 0.5) is 10.2 Å². The van der Waals surface area contributed by atoms with Crippen LogP contribution in [0.1, 0.15) is 27.9 Å². The van der Waals surface area contributed by atoms with E-state index < -0.39 is 0 Å². The summed E-state index contributed by atoms with van der Waals surface area (Å²) in [5.74, 6) is 0.320. The molecule has 0 fully saturated rings. The van der Waals surface area contributed by atoms with E-state index in [2.05, 4.69) is 30.8 Å². The zero-order valence-corrected chi connectivity index (χ0v) is 15.8. The second-order valence-electron chi connectivity index (χ2n) is 6.42. The number of aliphatic imine (C=N–C) groups is 1. The maximum Gasteiger partial charge on any atom is 0.167 e. The standard InChI is InChI=1S/C19H19BrFN3O/c1-24(2)8-6-13-11-15-14(5-7-22-19(15)23-13)18(25)10-12-3-4-17(21)16(20)9-12/h3-5,7,9H,6,8,10-11H2,1-2H3. The van der Waals surface area contributed by atoms with Crippen LogP contribution in [0.2, 0.25) is 0 Å². The lowest BCUT2D eigenvalue weighted by Gasteiger charge is -2.09. The Morgan fingerprint density at radius 1 is 1.32 bits per heavy atom. The molecule has 1 aromatic carbocycles. The van der Waals surface area contributed by atoms with Gasteiger partial charge in [0, 0.05) is 42.4 Å². The molecule has 4 nitrogen and oxygen atoms in total. The van der Waals surface area contributed by atoms with Crippen LogP contribution in [-0.4, -0.2) is 42.0 Å². The summed E-state index contributed by atoms with van der Waals surface area (Å²) in [6, 6.07) is 6.41. The lowest BCUT2D eigenvalue weighted by molar-refractivity contribution is 0.0992. The van der Waals surface area contributed by atoms with Gasteiger partial charge in [-0.05, 0) is 60.2 Å². The van der Waals surface area contributed by atoms with Crippen molar-refractivity contribution in [3.63, 3.8) is 0 Å². The molecule has 0 saturated carbocycles. The van der Waals surface area contributed by atoms with Gasteiger partial charge in [-0.1, -0.05) is 6.07 Å². The molecule has 0 amide bonds. The summed E-state index contributed by atoms with van der Waals surface area (Å²) in [4.78, 5) is 23.7. The average molecular weight is 404 g/mol. The number of pyridine rings is 1. The third-order valence-electron chi connectivity index (χ3n) is 4.17. The molecule has 1 aromatic heterocycles. The molecule has 2 aromatic rings. The highest BCUT2D eigenvalue weighted by atomic mass is 79.9. The van der Waals surface area contributed by atoms with Crippen LogP contribution in [0.3, 0.4) is 0 Å². The highest BCUT2D eigenvalue weighted by Crippen LogP contribution is 2.29. The van der Waals surface area contributed by atoms with Gasteiger partial charge in [0.1, 0.15) is 5.82 Å². The molecule has 1 aliphatic heterocycles. The normalized spacial score (nSPS) is 13.1. The number of ketones is 1. The topological polar surface area (TPSA) is 45.6 Å². The van der Waals surface area contributed by atoms with Crippen LogP contribution in [0.5, 0.6) is 0 Å². The Labute approximate surface area is 154 Å². The number of Topliss-reactive ketones (excluding diaryl/α,β-unsaturated/α-hetero) is 1. The fourth-order valence-corrected chi connectivity index (χ4v) is 3.26. The fraction of sp³-hybridized carbons (Fsp3) is 0.316. The third-order valence-corrected chi connectivity index (χ3v) is 4.78. The van der Waals surface area contributed by atoms with Crippen LogP contribution < -0.4 is 0 Å². The van der Waals surface area contributed by atoms with Gasteiger partial charge in [0.15, 0.2) is 11.6 Å². The van der Waals surface area contributed by atoms with Crippen molar-refractivity contribution < 1.29 is 9.18 Å². The van der Waals surface area contributed by atoms with Crippen molar-refractivity contribution in [1.29, 1.82) is 0 Å². The van der Waals surface area contributed by atoms with Gasteiger partial charge in [-0.25, -0.2) is 14.4 Å². The molecule has 25 heavy (non-hydrogen) atoms. The fourth-order valence-electron chi connectivity index (χ4n) is 2.83. The SMILES string of the molecule is CN(C)CCC1=Nc2nccc(C(=O)Cc3ccc(F)c(Br)c3)c2C1. The maximum atomic E-state index is 13.4. The molecule has 0 radical (unpaired) electrons. The Morgan fingerprint density at radius 3 is 2.84 bits per heavy atom. The number of halogens is 2. The number of nitrogens with zero attached hydrogens (tertiary/aromatic N) is 3. The molecule has 6 heteroatoms. The number of hydrogen-bond acceptors (Lipinski definition) is 4. The summed E-state index contributed by atoms with van der Waals surface area (Å²) >= 11 is 3.16. The molecule has 0 N–H and O–H groups in total. The molecule has 0 spiro atoms. The van der Waals surface area contributed by atoms with Gasteiger partial charge in [-0.15, -0.1) is 0 Å². The van der Waals surface area contributed by atoms with Crippen LogP contribution in [0, 0.1) is 5.82 Å². The Bertz CT molecular complexity index is 849. The van der Waals surface area contributed by atoms with Crippen molar-refractivity contribution in [3.05, 3.63) is 57.4 Å². The Kier molecular flexibility index (Phi) is 5.39. The van der Waals surface area contributed by atoms with E-state index in [9.17, 15) is 9.18 Å². The first-order valence-electron chi connectivity index (χ1n) is 8.10. The van der Waals surface area contributed by atoms with Gasteiger partial charge < -0.3 is 4.90 Å². The smallest absolute Gasteiger partial charge is 0.167 e. The first kappa shape index (κ1) is 17.9. The van der Waals surface area contributed by atoms with Crippen molar-refractivity contribution in [1.82, 2.24) is 9.88 Å².